The van der Waals surface area contributed by atoms with E-state index in [1.807, 2.05) is 12.1 Å². The molecule has 2 aromatic rings. The summed E-state index contributed by atoms with van der Waals surface area (Å²) in [5.74, 6) is 1.41. The molecule has 0 aliphatic carbocycles. The summed E-state index contributed by atoms with van der Waals surface area (Å²) in [6.07, 6.45) is 3.60. The lowest BCUT2D eigenvalue weighted by atomic mass is 10.0. The van der Waals surface area contributed by atoms with Gasteiger partial charge in [-0.15, -0.1) is 0 Å². The molecule has 0 spiro atoms. The van der Waals surface area contributed by atoms with Crippen LogP contribution in [0.5, 0.6) is 0 Å². The van der Waals surface area contributed by atoms with Crippen molar-refractivity contribution in [1.29, 1.82) is 0 Å². The van der Waals surface area contributed by atoms with Crippen molar-refractivity contribution in [2.75, 3.05) is 23.7 Å². The van der Waals surface area contributed by atoms with E-state index in [0.29, 0.717) is 17.8 Å². The van der Waals surface area contributed by atoms with Gasteiger partial charge < -0.3 is 10.6 Å². The van der Waals surface area contributed by atoms with E-state index in [1.165, 1.54) is 12.6 Å². The van der Waals surface area contributed by atoms with E-state index in [1.54, 1.807) is 12.1 Å². The van der Waals surface area contributed by atoms with Crippen molar-refractivity contribution in [3.63, 3.8) is 0 Å². The van der Waals surface area contributed by atoms with E-state index in [-0.39, 0.29) is 15.6 Å². The van der Waals surface area contributed by atoms with Crippen molar-refractivity contribution in [1.82, 2.24) is 9.97 Å². The van der Waals surface area contributed by atoms with Gasteiger partial charge in [-0.2, -0.15) is 4.98 Å². The molecular formula is C19H26N4O2S. The van der Waals surface area contributed by atoms with E-state index in [0.717, 1.165) is 25.1 Å². The molecule has 1 saturated heterocycles. The number of aromatic nitrogens is 2. The van der Waals surface area contributed by atoms with Gasteiger partial charge in [0.1, 0.15) is 10.7 Å². The summed E-state index contributed by atoms with van der Waals surface area (Å²) >= 11 is 0. The molecule has 3 rings (SSSR count). The van der Waals surface area contributed by atoms with Crippen LogP contribution in [0.1, 0.15) is 45.1 Å². The molecule has 2 N–H and O–H groups in total. The summed E-state index contributed by atoms with van der Waals surface area (Å²) in [7, 11) is -3.74. The number of benzene rings is 1. The van der Waals surface area contributed by atoms with E-state index in [2.05, 4.69) is 35.6 Å². The Labute approximate surface area is 155 Å². The van der Waals surface area contributed by atoms with Gasteiger partial charge in [0.15, 0.2) is 0 Å². The average Bonchev–Trinajstić information content (AvgIpc) is 2.61. The summed E-state index contributed by atoms with van der Waals surface area (Å²) in [5.41, 5.74) is 7.09. The van der Waals surface area contributed by atoms with Crippen LogP contribution in [-0.2, 0) is 9.84 Å². The van der Waals surface area contributed by atoms with Gasteiger partial charge >= 0.3 is 0 Å². The lowest BCUT2D eigenvalue weighted by molar-refractivity contribution is 0.442. The van der Waals surface area contributed by atoms with Gasteiger partial charge in [0, 0.05) is 13.1 Å². The molecule has 1 atom stereocenters. The van der Waals surface area contributed by atoms with Crippen LogP contribution in [0.4, 0.5) is 11.8 Å². The zero-order valence-corrected chi connectivity index (χ0v) is 16.3. The quantitative estimate of drug-likeness (QED) is 0.883. The Morgan fingerprint density at radius 1 is 1.23 bits per heavy atom. The Balaban J connectivity index is 1.90. The summed E-state index contributed by atoms with van der Waals surface area (Å²) in [5, 5.41) is 0. The van der Waals surface area contributed by atoms with E-state index < -0.39 is 9.84 Å². The third-order valence-electron chi connectivity index (χ3n) is 4.86. The molecule has 1 aromatic heterocycles. The Morgan fingerprint density at radius 2 is 1.92 bits per heavy atom. The third-order valence-corrected chi connectivity index (χ3v) is 6.64. The van der Waals surface area contributed by atoms with Crippen LogP contribution in [0.15, 0.2) is 40.3 Å². The van der Waals surface area contributed by atoms with Gasteiger partial charge in [0.2, 0.25) is 15.8 Å². The van der Waals surface area contributed by atoms with Crippen molar-refractivity contribution in [2.45, 2.75) is 49.3 Å². The minimum absolute atomic E-state index is 0.00108. The Morgan fingerprint density at radius 3 is 2.50 bits per heavy atom. The fourth-order valence-electron chi connectivity index (χ4n) is 3.26. The fraction of sp³-hybridized carbons (Fsp3) is 0.474. The van der Waals surface area contributed by atoms with Crippen molar-refractivity contribution in [3.8, 4) is 0 Å². The second-order valence-electron chi connectivity index (χ2n) is 7.34. The first-order valence-electron chi connectivity index (χ1n) is 9.01. The maximum Gasteiger partial charge on any atom is 0.227 e. The molecule has 26 heavy (non-hydrogen) atoms. The minimum Gasteiger partial charge on any atom is -0.382 e. The molecule has 0 saturated carbocycles. The smallest absolute Gasteiger partial charge is 0.227 e. The van der Waals surface area contributed by atoms with Crippen LogP contribution in [-0.4, -0.2) is 31.5 Å². The number of rotatable bonds is 4. The van der Waals surface area contributed by atoms with Crippen molar-refractivity contribution >= 4 is 21.6 Å². The number of hydrogen-bond donors (Lipinski definition) is 1. The molecule has 1 aliphatic heterocycles. The predicted octanol–water partition coefficient (Wildman–Crippen LogP) is 3.25. The molecule has 1 aromatic carbocycles. The van der Waals surface area contributed by atoms with Gasteiger partial charge in [-0.05, 0) is 42.4 Å². The van der Waals surface area contributed by atoms with Crippen LogP contribution in [0.25, 0.3) is 0 Å². The fourth-order valence-corrected chi connectivity index (χ4v) is 4.52. The number of anilines is 2. The highest BCUT2D eigenvalue weighted by molar-refractivity contribution is 7.91. The molecule has 0 bridgehead atoms. The number of sulfone groups is 1. The maximum atomic E-state index is 12.9. The molecule has 1 fully saturated rings. The molecular weight excluding hydrogens is 348 g/mol. The summed E-state index contributed by atoms with van der Waals surface area (Å²) < 4.78 is 25.8. The summed E-state index contributed by atoms with van der Waals surface area (Å²) in [6, 6.07) is 6.89. The second kappa shape index (κ2) is 7.23. The zero-order chi connectivity index (χ0) is 18.9. The zero-order valence-electron chi connectivity index (χ0n) is 15.5. The molecule has 2 heterocycles. The van der Waals surface area contributed by atoms with Gasteiger partial charge in [-0.3, -0.25) is 0 Å². The highest BCUT2D eigenvalue weighted by Crippen LogP contribution is 2.28. The van der Waals surface area contributed by atoms with E-state index >= 15 is 0 Å². The van der Waals surface area contributed by atoms with Crippen LogP contribution in [0, 0.1) is 5.92 Å². The van der Waals surface area contributed by atoms with E-state index in [9.17, 15) is 8.42 Å². The first-order chi connectivity index (χ1) is 12.3. The maximum absolute atomic E-state index is 12.9. The number of nitrogens with zero attached hydrogens (tertiary/aromatic N) is 3. The largest absolute Gasteiger partial charge is 0.382 e. The molecule has 0 radical (unpaired) electrons. The summed E-state index contributed by atoms with van der Waals surface area (Å²) in [6.45, 7) is 8.05. The van der Waals surface area contributed by atoms with Gasteiger partial charge in [-0.25, -0.2) is 13.4 Å². The molecule has 1 aliphatic rings. The standard InChI is InChI=1S/C19H26N4O2S/c1-13(2)15-6-8-16(9-7-15)26(24,25)17-11-21-19(22-18(17)20)23-10-4-5-14(3)12-23/h6-9,11,13-14H,4-5,10,12H2,1-3H3,(H2,20,21,22)/t14-/m0/s1. The average molecular weight is 375 g/mol. The van der Waals surface area contributed by atoms with Crippen molar-refractivity contribution in [3.05, 3.63) is 36.0 Å². The Bertz CT molecular complexity index is 879. The van der Waals surface area contributed by atoms with Gasteiger partial charge in [0.25, 0.3) is 0 Å². The number of hydrogen-bond acceptors (Lipinski definition) is 6. The SMILES string of the molecule is CC(C)c1ccc(S(=O)(=O)c2cnc(N3CCC[C@H](C)C3)nc2N)cc1. The third kappa shape index (κ3) is 3.67. The lowest BCUT2D eigenvalue weighted by Crippen LogP contribution is -2.35. The molecule has 0 unspecified atom stereocenters. The first-order valence-corrected chi connectivity index (χ1v) is 10.5. The molecule has 140 valence electrons. The lowest BCUT2D eigenvalue weighted by Gasteiger charge is -2.31. The highest BCUT2D eigenvalue weighted by atomic mass is 32.2. The van der Waals surface area contributed by atoms with Crippen LogP contribution in [0.3, 0.4) is 0 Å². The summed E-state index contributed by atoms with van der Waals surface area (Å²) in [4.78, 5) is 10.8. The Hall–Kier alpha value is -2.15. The topological polar surface area (TPSA) is 89.2 Å². The van der Waals surface area contributed by atoms with Gasteiger partial charge in [-0.1, -0.05) is 32.9 Å². The van der Waals surface area contributed by atoms with Crippen molar-refractivity contribution in [2.24, 2.45) is 5.92 Å². The van der Waals surface area contributed by atoms with Crippen molar-refractivity contribution < 1.29 is 8.42 Å². The van der Waals surface area contributed by atoms with Crippen LogP contribution < -0.4 is 10.6 Å². The highest BCUT2D eigenvalue weighted by Gasteiger charge is 2.25. The second-order valence-corrected chi connectivity index (χ2v) is 9.26. The Kier molecular flexibility index (Phi) is 5.18. The minimum atomic E-state index is -3.74. The van der Waals surface area contributed by atoms with Gasteiger partial charge in [0.05, 0.1) is 11.1 Å². The van der Waals surface area contributed by atoms with Crippen LogP contribution >= 0.6 is 0 Å². The normalized spacial score (nSPS) is 18.3. The number of nitrogens with two attached hydrogens (primary N) is 1. The monoisotopic (exact) mass is 374 g/mol. The number of piperidine rings is 1. The van der Waals surface area contributed by atoms with Crippen LogP contribution in [0.2, 0.25) is 0 Å². The molecule has 7 heteroatoms. The predicted molar refractivity (Wildman–Crippen MR) is 103 cm³/mol. The first kappa shape index (κ1) is 18.6. The molecule has 6 nitrogen and oxygen atoms in total. The van der Waals surface area contributed by atoms with E-state index in [4.69, 9.17) is 5.73 Å². The molecule has 0 amide bonds. The number of nitrogen functional groups attached to an aromatic ring is 1.